The Morgan fingerprint density at radius 1 is 1.15 bits per heavy atom. The minimum atomic E-state index is -0.806. The lowest BCUT2D eigenvalue weighted by molar-refractivity contribution is -0.146. The van der Waals surface area contributed by atoms with Crippen LogP contribution in [0.25, 0.3) is 0 Å². The number of anilines is 1. The standard InChI is InChI=1S/C18H21FN2O4S/c19-13-2-1-3-14(8-13)20-16(22)15-9-26-10-21(15)17(23)11-4-6-12(7-5-11)18(24)25/h1-3,8,11-12,15H,4-7,9-10H2,(H,20,22)(H,24,25)/t11?,12?,15-/m1/s1. The van der Waals surface area contributed by atoms with E-state index in [1.807, 2.05) is 0 Å². The molecule has 6 nitrogen and oxygen atoms in total. The molecule has 0 spiro atoms. The smallest absolute Gasteiger partial charge is 0.306 e. The number of hydrogen-bond acceptors (Lipinski definition) is 4. The molecule has 0 radical (unpaired) electrons. The van der Waals surface area contributed by atoms with E-state index in [-0.39, 0.29) is 23.7 Å². The van der Waals surface area contributed by atoms with Gasteiger partial charge >= 0.3 is 5.97 Å². The first-order valence-corrected chi connectivity index (χ1v) is 9.78. The van der Waals surface area contributed by atoms with Crippen LogP contribution in [0.15, 0.2) is 24.3 Å². The zero-order chi connectivity index (χ0) is 18.7. The molecule has 1 aliphatic carbocycles. The van der Waals surface area contributed by atoms with Crippen LogP contribution in [0.2, 0.25) is 0 Å². The zero-order valence-corrected chi connectivity index (χ0v) is 15.0. The van der Waals surface area contributed by atoms with Gasteiger partial charge in [0.2, 0.25) is 11.8 Å². The summed E-state index contributed by atoms with van der Waals surface area (Å²) in [7, 11) is 0. The number of aliphatic carboxylic acids is 1. The molecule has 0 unspecified atom stereocenters. The summed E-state index contributed by atoms with van der Waals surface area (Å²) in [6, 6.07) is 5.05. The third-order valence-electron chi connectivity index (χ3n) is 4.99. The van der Waals surface area contributed by atoms with Gasteiger partial charge in [0.05, 0.1) is 11.8 Å². The van der Waals surface area contributed by atoms with Gasteiger partial charge in [-0.1, -0.05) is 6.07 Å². The number of nitrogens with one attached hydrogen (secondary N) is 1. The molecular formula is C18H21FN2O4S. The summed E-state index contributed by atoms with van der Waals surface area (Å²) in [4.78, 5) is 38.0. The molecule has 1 saturated carbocycles. The van der Waals surface area contributed by atoms with Crippen LogP contribution in [0.1, 0.15) is 25.7 Å². The molecule has 1 heterocycles. The molecule has 1 atom stereocenters. The first-order valence-electron chi connectivity index (χ1n) is 8.63. The highest BCUT2D eigenvalue weighted by Crippen LogP contribution is 2.33. The number of carbonyl (C=O) groups excluding carboxylic acids is 2. The van der Waals surface area contributed by atoms with E-state index in [0.717, 1.165) is 0 Å². The number of amides is 2. The molecule has 8 heteroatoms. The molecule has 2 fully saturated rings. The van der Waals surface area contributed by atoms with Gasteiger partial charge in [-0.05, 0) is 43.9 Å². The van der Waals surface area contributed by atoms with E-state index in [0.29, 0.717) is 43.0 Å². The minimum absolute atomic E-state index is 0.0850. The summed E-state index contributed by atoms with van der Waals surface area (Å²) < 4.78 is 13.3. The molecule has 1 aromatic rings. The molecule has 1 saturated heterocycles. The Balaban J connectivity index is 1.61. The number of carboxylic acids is 1. The highest BCUT2D eigenvalue weighted by atomic mass is 32.2. The van der Waals surface area contributed by atoms with Crippen molar-refractivity contribution in [3.8, 4) is 0 Å². The third kappa shape index (κ3) is 4.17. The second-order valence-electron chi connectivity index (χ2n) is 6.71. The largest absolute Gasteiger partial charge is 0.481 e. The van der Waals surface area contributed by atoms with Crippen LogP contribution >= 0.6 is 11.8 Å². The molecule has 1 aliphatic heterocycles. The predicted octanol–water partition coefficient (Wildman–Crippen LogP) is 2.56. The number of benzene rings is 1. The van der Waals surface area contributed by atoms with Crippen molar-refractivity contribution in [2.45, 2.75) is 31.7 Å². The van der Waals surface area contributed by atoms with Gasteiger partial charge in [0, 0.05) is 17.4 Å². The predicted molar refractivity (Wildman–Crippen MR) is 96.1 cm³/mol. The Bertz CT molecular complexity index is 706. The van der Waals surface area contributed by atoms with Crippen LogP contribution < -0.4 is 5.32 Å². The summed E-state index contributed by atoms with van der Waals surface area (Å²) in [5, 5.41) is 11.7. The molecule has 1 aromatic carbocycles. The molecule has 0 bridgehead atoms. The Labute approximate surface area is 155 Å². The highest BCUT2D eigenvalue weighted by molar-refractivity contribution is 7.99. The van der Waals surface area contributed by atoms with E-state index in [2.05, 4.69) is 5.32 Å². The molecule has 2 N–H and O–H groups in total. The second kappa shape index (κ2) is 8.07. The first kappa shape index (κ1) is 18.7. The summed E-state index contributed by atoms with van der Waals surface area (Å²) in [5.74, 6) is -1.32. The first-order chi connectivity index (χ1) is 12.5. The number of rotatable bonds is 4. The van der Waals surface area contributed by atoms with Gasteiger partial charge in [-0.3, -0.25) is 14.4 Å². The summed E-state index contributed by atoms with van der Waals surface area (Å²) in [6.45, 7) is 0. The summed E-state index contributed by atoms with van der Waals surface area (Å²) >= 11 is 1.51. The number of halogens is 1. The maximum absolute atomic E-state index is 13.3. The molecular weight excluding hydrogens is 359 g/mol. The topological polar surface area (TPSA) is 86.7 Å². The van der Waals surface area contributed by atoms with E-state index in [1.165, 1.54) is 30.0 Å². The molecule has 2 aliphatic rings. The lowest BCUT2D eigenvalue weighted by Gasteiger charge is -2.31. The molecule has 3 rings (SSSR count). The van der Waals surface area contributed by atoms with Crippen molar-refractivity contribution in [3.63, 3.8) is 0 Å². The minimum Gasteiger partial charge on any atom is -0.481 e. The fraction of sp³-hybridized carbons (Fsp3) is 0.500. The quantitative estimate of drug-likeness (QED) is 0.838. The molecule has 0 aromatic heterocycles. The van der Waals surface area contributed by atoms with Gasteiger partial charge in [0.15, 0.2) is 0 Å². The number of hydrogen-bond donors (Lipinski definition) is 2. The van der Waals surface area contributed by atoms with Gasteiger partial charge in [0.25, 0.3) is 0 Å². The van der Waals surface area contributed by atoms with Crippen LogP contribution in [-0.4, -0.2) is 45.5 Å². The van der Waals surface area contributed by atoms with Crippen molar-refractivity contribution >= 4 is 35.2 Å². The van der Waals surface area contributed by atoms with Gasteiger partial charge in [-0.25, -0.2) is 4.39 Å². The number of carbonyl (C=O) groups is 3. The van der Waals surface area contributed by atoms with E-state index in [9.17, 15) is 18.8 Å². The third-order valence-corrected chi connectivity index (χ3v) is 6.00. The fourth-order valence-corrected chi connectivity index (χ4v) is 4.65. The van der Waals surface area contributed by atoms with Crippen LogP contribution in [0, 0.1) is 17.7 Å². The Hall–Kier alpha value is -2.09. The van der Waals surface area contributed by atoms with Crippen molar-refractivity contribution in [3.05, 3.63) is 30.1 Å². The monoisotopic (exact) mass is 380 g/mol. The van der Waals surface area contributed by atoms with Crippen LogP contribution in [0.3, 0.4) is 0 Å². The van der Waals surface area contributed by atoms with Crippen molar-refractivity contribution in [1.29, 1.82) is 0 Å². The van der Waals surface area contributed by atoms with Crippen LogP contribution in [0.4, 0.5) is 10.1 Å². The maximum atomic E-state index is 13.3. The lowest BCUT2D eigenvalue weighted by Crippen LogP contribution is -2.47. The number of nitrogens with zero attached hydrogens (tertiary/aromatic N) is 1. The van der Waals surface area contributed by atoms with Crippen molar-refractivity contribution in [2.75, 3.05) is 16.9 Å². The molecule has 26 heavy (non-hydrogen) atoms. The fourth-order valence-electron chi connectivity index (χ4n) is 3.49. The van der Waals surface area contributed by atoms with Crippen LogP contribution in [0.5, 0.6) is 0 Å². The molecule has 2 amide bonds. The van der Waals surface area contributed by atoms with Crippen LogP contribution in [-0.2, 0) is 14.4 Å². The zero-order valence-electron chi connectivity index (χ0n) is 14.2. The highest BCUT2D eigenvalue weighted by Gasteiger charge is 2.39. The van der Waals surface area contributed by atoms with Gasteiger partial charge in [0.1, 0.15) is 11.9 Å². The van der Waals surface area contributed by atoms with Gasteiger partial charge in [-0.15, -0.1) is 11.8 Å². The number of thioether (sulfide) groups is 1. The Morgan fingerprint density at radius 2 is 1.85 bits per heavy atom. The Morgan fingerprint density at radius 3 is 2.50 bits per heavy atom. The van der Waals surface area contributed by atoms with Gasteiger partial charge < -0.3 is 15.3 Å². The van der Waals surface area contributed by atoms with Crippen molar-refractivity contribution in [2.24, 2.45) is 11.8 Å². The second-order valence-corrected chi connectivity index (χ2v) is 7.71. The van der Waals surface area contributed by atoms with E-state index in [1.54, 1.807) is 11.0 Å². The maximum Gasteiger partial charge on any atom is 0.306 e. The lowest BCUT2D eigenvalue weighted by atomic mass is 9.81. The van der Waals surface area contributed by atoms with E-state index >= 15 is 0 Å². The van der Waals surface area contributed by atoms with Crippen molar-refractivity contribution in [1.82, 2.24) is 4.90 Å². The summed E-state index contributed by atoms with van der Waals surface area (Å²) in [6.07, 6.45) is 2.06. The molecule has 140 valence electrons. The van der Waals surface area contributed by atoms with E-state index in [4.69, 9.17) is 5.11 Å². The summed E-state index contributed by atoms with van der Waals surface area (Å²) in [5.41, 5.74) is 0.362. The average molecular weight is 380 g/mol. The van der Waals surface area contributed by atoms with Gasteiger partial charge in [-0.2, -0.15) is 0 Å². The average Bonchev–Trinajstić information content (AvgIpc) is 3.11. The normalized spacial score (nSPS) is 25.7. The Kier molecular flexibility index (Phi) is 5.80. The van der Waals surface area contributed by atoms with E-state index < -0.39 is 17.8 Å². The number of carboxylic acid groups (broad SMARTS) is 1. The SMILES string of the molecule is O=C(O)C1CCC(C(=O)N2CSC[C@@H]2C(=O)Nc2cccc(F)c2)CC1. The van der Waals surface area contributed by atoms with Crippen molar-refractivity contribution < 1.29 is 23.9 Å².